The van der Waals surface area contributed by atoms with Crippen molar-refractivity contribution < 1.29 is 34.8 Å². The van der Waals surface area contributed by atoms with Crippen molar-refractivity contribution in [1.29, 1.82) is 0 Å². The molecule has 0 aromatic heterocycles. The molecule has 0 unspecified atom stereocenters. The lowest BCUT2D eigenvalue weighted by Gasteiger charge is -2.02. The van der Waals surface area contributed by atoms with Gasteiger partial charge in [-0.1, -0.05) is 6.07 Å². The Kier molecular flexibility index (Phi) is 6.80. The molecule has 0 saturated carbocycles. The zero-order valence-corrected chi connectivity index (χ0v) is 10.6. The van der Waals surface area contributed by atoms with E-state index >= 15 is 0 Å². The van der Waals surface area contributed by atoms with Crippen LogP contribution >= 0.6 is 0 Å². The maximum Gasteiger partial charge on any atom is 0.300 e. The van der Waals surface area contributed by atoms with E-state index in [1.807, 2.05) is 0 Å². The number of carboxylic acids is 2. The highest BCUT2D eigenvalue weighted by atomic mass is 16.5. The average Bonchev–Trinajstić information content (AvgIpc) is 2.70. The van der Waals surface area contributed by atoms with Gasteiger partial charge in [0.1, 0.15) is 0 Å². The lowest BCUT2D eigenvalue weighted by molar-refractivity contribution is -0.135. The number of hydrogen-bond donors (Lipinski definition) is 4. The van der Waals surface area contributed by atoms with Crippen molar-refractivity contribution in [3.8, 4) is 17.2 Å². The minimum atomic E-state index is -0.833. The third-order valence-corrected chi connectivity index (χ3v) is 1.81. The molecule has 7 heteroatoms. The van der Waals surface area contributed by atoms with Crippen molar-refractivity contribution in [3.05, 3.63) is 17.7 Å². The van der Waals surface area contributed by atoms with Gasteiger partial charge in [0.15, 0.2) is 11.5 Å². The molecule has 0 spiro atoms. The summed E-state index contributed by atoms with van der Waals surface area (Å²) in [5, 5.41) is 33.1. The highest BCUT2D eigenvalue weighted by Crippen LogP contribution is 2.40. The van der Waals surface area contributed by atoms with Crippen LogP contribution in [0.4, 0.5) is 0 Å². The van der Waals surface area contributed by atoms with Crippen molar-refractivity contribution >= 4 is 11.9 Å². The van der Waals surface area contributed by atoms with Crippen LogP contribution in [0, 0.1) is 0 Å². The first-order valence-electron chi connectivity index (χ1n) is 5.31. The molecule has 106 valence electrons. The van der Waals surface area contributed by atoms with Gasteiger partial charge in [0.05, 0.1) is 6.61 Å². The summed E-state index contributed by atoms with van der Waals surface area (Å²) in [7, 11) is 0. The van der Waals surface area contributed by atoms with E-state index < -0.39 is 11.9 Å². The molecule has 0 aliphatic carbocycles. The van der Waals surface area contributed by atoms with Crippen LogP contribution in [0.5, 0.6) is 17.2 Å². The molecule has 0 bridgehead atoms. The Morgan fingerprint density at radius 3 is 2.05 bits per heavy atom. The van der Waals surface area contributed by atoms with E-state index in [2.05, 4.69) is 0 Å². The second-order valence-corrected chi connectivity index (χ2v) is 3.56. The number of aromatic hydroxyl groups is 2. The van der Waals surface area contributed by atoms with Gasteiger partial charge < -0.3 is 25.2 Å². The fraction of sp³-hybridized carbons (Fsp3) is 0.333. The van der Waals surface area contributed by atoms with Crippen LogP contribution in [0.15, 0.2) is 12.1 Å². The number of rotatable bonds is 0. The molecule has 0 radical (unpaired) electrons. The SMILES string of the molecule is CC(=O)O.CC(=O)O.Oc1ccc2c(c1O)OCC2. The molecular weight excluding hydrogens is 256 g/mol. The van der Waals surface area contributed by atoms with Crippen LogP contribution in [0.2, 0.25) is 0 Å². The first-order chi connectivity index (χ1) is 8.75. The topological polar surface area (TPSA) is 124 Å². The monoisotopic (exact) mass is 272 g/mol. The van der Waals surface area contributed by atoms with Gasteiger partial charge in [-0.15, -0.1) is 0 Å². The third kappa shape index (κ3) is 6.77. The van der Waals surface area contributed by atoms with E-state index in [0.29, 0.717) is 12.4 Å². The van der Waals surface area contributed by atoms with Crippen LogP contribution in [0.25, 0.3) is 0 Å². The van der Waals surface area contributed by atoms with Crippen molar-refractivity contribution in [2.75, 3.05) is 6.61 Å². The third-order valence-electron chi connectivity index (χ3n) is 1.81. The maximum absolute atomic E-state index is 9.24. The second-order valence-electron chi connectivity index (χ2n) is 3.56. The lowest BCUT2D eigenvalue weighted by Crippen LogP contribution is -1.86. The first kappa shape index (κ1) is 16.6. The summed E-state index contributed by atoms with van der Waals surface area (Å²) in [6.45, 7) is 2.76. The van der Waals surface area contributed by atoms with Crippen LogP contribution in [-0.2, 0) is 16.0 Å². The number of fused-ring (bicyclic) bond motifs is 1. The number of ether oxygens (including phenoxy) is 1. The Bertz CT molecular complexity index is 434. The smallest absolute Gasteiger partial charge is 0.300 e. The van der Waals surface area contributed by atoms with Gasteiger partial charge in [0, 0.05) is 25.8 Å². The molecule has 0 atom stereocenters. The largest absolute Gasteiger partial charge is 0.504 e. The highest BCUT2D eigenvalue weighted by Gasteiger charge is 2.18. The summed E-state index contributed by atoms with van der Waals surface area (Å²) < 4.78 is 5.10. The number of phenols is 2. The quantitative estimate of drug-likeness (QED) is 0.523. The molecule has 2 rings (SSSR count). The predicted octanol–water partition coefficient (Wildman–Crippen LogP) is 1.21. The summed E-state index contributed by atoms with van der Waals surface area (Å²) in [5.41, 5.74) is 0.959. The summed E-state index contributed by atoms with van der Waals surface area (Å²) in [5.74, 6) is -1.49. The van der Waals surface area contributed by atoms with Crippen molar-refractivity contribution in [2.24, 2.45) is 0 Å². The van der Waals surface area contributed by atoms with Gasteiger partial charge >= 0.3 is 0 Å². The standard InChI is InChI=1S/C8H8O3.2C2H4O2/c9-6-2-1-5-3-4-11-8(5)7(6)10;2*1-2(3)4/h1-2,9-10H,3-4H2;2*1H3,(H,3,4). The number of carbonyl (C=O) groups is 2. The van der Waals surface area contributed by atoms with Gasteiger partial charge in [-0.05, 0) is 6.07 Å². The van der Waals surface area contributed by atoms with Gasteiger partial charge in [-0.2, -0.15) is 0 Å². The molecule has 4 N–H and O–H groups in total. The number of benzene rings is 1. The molecule has 19 heavy (non-hydrogen) atoms. The molecule has 1 heterocycles. The molecule has 0 amide bonds. The Morgan fingerprint density at radius 2 is 1.58 bits per heavy atom. The number of aliphatic carboxylic acids is 2. The van der Waals surface area contributed by atoms with E-state index in [0.717, 1.165) is 25.8 Å². The van der Waals surface area contributed by atoms with Crippen molar-refractivity contribution in [3.63, 3.8) is 0 Å². The normalized spacial score (nSPS) is 10.8. The van der Waals surface area contributed by atoms with Crippen LogP contribution in [0.3, 0.4) is 0 Å². The molecule has 7 nitrogen and oxygen atoms in total. The van der Waals surface area contributed by atoms with Crippen LogP contribution in [-0.4, -0.2) is 39.0 Å². The Balaban J connectivity index is 0.000000342. The molecule has 0 fully saturated rings. The molecular formula is C12H16O7. The zero-order valence-electron chi connectivity index (χ0n) is 10.6. The number of phenolic OH excluding ortho intramolecular Hbond substituents is 2. The Hall–Kier alpha value is -2.44. The summed E-state index contributed by atoms with van der Waals surface area (Å²) in [6, 6.07) is 3.24. The molecule has 1 aliphatic rings. The number of carboxylic acid groups (broad SMARTS) is 2. The zero-order chi connectivity index (χ0) is 15.0. The Labute approximate surface area is 109 Å². The first-order valence-corrected chi connectivity index (χ1v) is 5.31. The Morgan fingerprint density at radius 1 is 1.11 bits per heavy atom. The van der Waals surface area contributed by atoms with E-state index in [1.165, 1.54) is 6.07 Å². The van der Waals surface area contributed by atoms with Gasteiger partial charge in [0.2, 0.25) is 5.75 Å². The van der Waals surface area contributed by atoms with Crippen molar-refractivity contribution in [2.45, 2.75) is 20.3 Å². The average molecular weight is 272 g/mol. The van der Waals surface area contributed by atoms with E-state index in [1.54, 1.807) is 6.07 Å². The highest BCUT2D eigenvalue weighted by molar-refractivity contribution is 5.63. The maximum atomic E-state index is 9.24. The predicted molar refractivity (Wildman–Crippen MR) is 65.6 cm³/mol. The lowest BCUT2D eigenvalue weighted by atomic mass is 10.1. The van der Waals surface area contributed by atoms with Crippen LogP contribution < -0.4 is 4.74 Å². The summed E-state index contributed by atoms with van der Waals surface area (Å²) in [4.78, 5) is 18.0. The molecule has 0 saturated heterocycles. The minimum Gasteiger partial charge on any atom is -0.504 e. The fourth-order valence-electron chi connectivity index (χ4n) is 1.22. The van der Waals surface area contributed by atoms with Gasteiger partial charge in [-0.3, -0.25) is 9.59 Å². The fourth-order valence-corrected chi connectivity index (χ4v) is 1.22. The van der Waals surface area contributed by atoms with E-state index in [9.17, 15) is 5.11 Å². The minimum absolute atomic E-state index is 0.120. The summed E-state index contributed by atoms with van der Waals surface area (Å²) in [6.07, 6.45) is 0.809. The van der Waals surface area contributed by atoms with E-state index in [-0.39, 0.29) is 11.5 Å². The van der Waals surface area contributed by atoms with Crippen LogP contribution in [0.1, 0.15) is 19.4 Å². The van der Waals surface area contributed by atoms with Gasteiger partial charge in [-0.25, -0.2) is 0 Å². The molecule has 1 aromatic carbocycles. The van der Waals surface area contributed by atoms with Gasteiger partial charge in [0.25, 0.3) is 11.9 Å². The van der Waals surface area contributed by atoms with E-state index in [4.69, 9.17) is 29.6 Å². The summed E-state index contributed by atoms with van der Waals surface area (Å²) >= 11 is 0. The molecule has 1 aromatic rings. The molecule has 1 aliphatic heterocycles. The van der Waals surface area contributed by atoms with Crippen molar-refractivity contribution in [1.82, 2.24) is 0 Å². The second kappa shape index (κ2) is 7.80. The number of hydrogen-bond acceptors (Lipinski definition) is 5.